The van der Waals surface area contributed by atoms with Gasteiger partial charge in [-0.15, -0.1) is 0 Å². The molecule has 1 amide bonds. The van der Waals surface area contributed by atoms with Crippen molar-refractivity contribution in [3.05, 3.63) is 91.8 Å². The number of aromatic nitrogens is 1. The number of hydrogen-bond acceptors (Lipinski definition) is 2. The van der Waals surface area contributed by atoms with E-state index >= 15 is 0 Å². The molecule has 0 bridgehead atoms. The topological polar surface area (TPSA) is 51.1 Å². The minimum atomic E-state index is -0.425. The fourth-order valence-electron chi connectivity index (χ4n) is 3.33. The van der Waals surface area contributed by atoms with E-state index in [-0.39, 0.29) is 11.0 Å². The number of nitrogens with one attached hydrogen (secondary N) is 1. The van der Waals surface area contributed by atoms with Crippen LogP contribution in [0.3, 0.4) is 0 Å². The van der Waals surface area contributed by atoms with E-state index in [9.17, 15) is 9.59 Å². The van der Waals surface area contributed by atoms with E-state index in [1.54, 1.807) is 30.3 Å². The molecule has 29 heavy (non-hydrogen) atoms. The van der Waals surface area contributed by atoms with Gasteiger partial charge in [-0.3, -0.25) is 9.59 Å². The quantitative estimate of drug-likeness (QED) is 0.519. The van der Waals surface area contributed by atoms with Crippen LogP contribution in [-0.2, 0) is 6.42 Å². The lowest BCUT2D eigenvalue weighted by Crippen LogP contribution is -2.28. The zero-order chi connectivity index (χ0) is 21.0. The lowest BCUT2D eigenvalue weighted by molar-refractivity contribution is 0.102. The number of carbonyl (C=O) groups is 1. The molecule has 0 saturated carbocycles. The molecule has 3 rings (SSSR count). The van der Waals surface area contributed by atoms with Crippen molar-refractivity contribution in [2.24, 2.45) is 0 Å². The van der Waals surface area contributed by atoms with Crippen molar-refractivity contribution < 1.29 is 4.79 Å². The van der Waals surface area contributed by atoms with Crippen LogP contribution in [0.4, 0.5) is 5.69 Å². The zero-order valence-corrected chi connectivity index (χ0v) is 17.8. The van der Waals surface area contributed by atoms with Gasteiger partial charge >= 0.3 is 0 Å². The van der Waals surface area contributed by atoms with Gasteiger partial charge < -0.3 is 9.88 Å². The second kappa shape index (κ2) is 9.29. The third-order valence-corrected chi connectivity index (χ3v) is 5.21. The molecule has 3 aromatic rings. The molecule has 0 aliphatic rings. The van der Waals surface area contributed by atoms with Crippen molar-refractivity contribution in [3.8, 4) is 5.69 Å². The number of carbonyl (C=O) groups excluding carboxylic acids is 1. The van der Waals surface area contributed by atoms with E-state index in [0.29, 0.717) is 39.2 Å². The minimum Gasteiger partial charge on any atom is -0.322 e. The normalized spacial score (nSPS) is 10.8. The van der Waals surface area contributed by atoms with Gasteiger partial charge in [0, 0.05) is 28.2 Å². The third kappa shape index (κ3) is 4.72. The highest BCUT2D eigenvalue weighted by atomic mass is 35.5. The summed E-state index contributed by atoms with van der Waals surface area (Å²) in [6, 6.07) is 15.8. The molecule has 0 aliphatic heterocycles. The van der Waals surface area contributed by atoms with E-state index in [1.807, 2.05) is 29.7 Å². The number of amides is 1. The Balaban J connectivity index is 2.19. The van der Waals surface area contributed by atoms with Gasteiger partial charge in [0.1, 0.15) is 5.56 Å². The summed E-state index contributed by atoms with van der Waals surface area (Å²) in [6.07, 6.45) is 2.33. The van der Waals surface area contributed by atoms with Crippen LogP contribution in [0.5, 0.6) is 0 Å². The molecule has 0 fully saturated rings. The molecule has 6 heteroatoms. The first-order valence-electron chi connectivity index (χ1n) is 9.49. The average Bonchev–Trinajstić information content (AvgIpc) is 2.67. The van der Waals surface area contributed by atoms with Crippen molar-refractivity contribution in [1.29, 1.82) is 0 Å². The summed E-state index contributed by atoms with van der Waals surface area (Å²) in [5.41, 5.74) is 2.52. The number of pyridine rings is 1. The third-order valence-electron chi connectivity index (χ3n) is 4.67. The summed E-state index contributed by atoms with van der Waals surface area (Å²) >= 11 is 12.5. The number of halogens is 2. The van der Waals surface area contributed by atoms with Crippen molar-refractivity contribution in [1.82, 2.24) is 4.57 Å². The number of benzene rings is 2. The lowest BCUT2D eigenvalue weighted by Gasteiger charge is -2.21. The smallest absolute Gasteiger partial charge is 0.261 e. The molecule has 2 aromatic carbocycles. The monoisotopic (exact) mass is 428 g/mol. The van der Waals surface area contributed by atoms with E-state index in [0.717, 1.165) is 12.8 Å². The average molecular weight is 429 g/mol. The first-order valence-corrected chi connectivity index (χ1v) is 10.2. The number of nitrogens with zero attached hydrogens (tertiary/aromatic N) is 1. The second-order valence-electron chi connectivity index (χ2n) is 6.83. The lowest BCUT2D eigenvalue weighted by atomic mass is 10.0. The number of rotatable bonds is 6. The van der Waals surface area contributed by atoms with E-state index in [4.69, 9.17) is 23.2 Å². The van der Waals surface area contributed by atoms with Gasteiger partial charge in [-0.2, -0.15) is 0 Å². The van der Waals surface area contributed by atoms with E-state index in [1.165, 1.54) is 6.07 Å². The van der Waals surface area contributed by atoms with Gasteiger partial charge in [0.05, 0.1) is 10.7 Å². The Morgan fingerprint density at radius 3 is 2.45 bits per heavy atom. The summed E-state index contributed by atoms with van der Waals surface area (Å²) in [4.78, 5) is 25.9. The molecule has 0 aliphatic carbocycles. The van der Waals surface area contributed by atoms with Crippen LogP contribution in [0.15, 0.2) is 59.4 Å². The van der Waals surface area contributed by atoms with Gasteiger partial charge in [0.15, 0.2) is 5.43 Å². The van der Waals surface area contributed by atoms with Crippen LogP contribution < -0.4 is 10.7 Å². The fourth-order valence-corrected chi connectivity index (χ4v) is 3.82. The first-order chi connectivity index (χ1) is 13.9. The van der Waals surface area contributed by atoms with Gasteiger partial charge in [-0.25, -0.2) is 0 Å². The molecule has 0 saturated heterocycles. The number of para-hydroxylation sites is 1. The molecule has 150 valence electrons. The summed E-state index contributed by atoms with van der Waals surface area (Å²) in [5, 5.41) is 3.81. The van der Waals surface area contributed by atoms with Gasteiger partial charge in [-0.05, 0) is 50.1 Å². The Hall–Kier alpha value is -2.56. The Labute approximate surface area is 180 Å². The molecule has 0 spiro atoms. The summed E-state index contributed by atoms with van der Waals surface area (Å²) in [6.45, 7) is 3.90. The Bertz CT molecular complexity index is 1090. The molecule has 0 atom stereocenters. The molecule has 0 unspecified atom stereocenters. The van der Waals surface area contributed by atoms with Gasteiger partial charge in [0.25, 0.3) is 5.91 Å². The Kier molecular flexibility index (Phi) is 6.78. The highest BCUT2D eigenvalue weighted by Crippen LogP contribution is 2.28. The van der Waals surface area contributed by atoms with E-state index in [2.05, 4.69) is 12.2 Å². The number of aryl methyl sites for hydroxylation is 1. The minimum absolute atomic E-state index is 0.138. The second-order valence-corrected chi connectivity index (χ2v) is 7.67. The molecular weight excluding hydrogens is 407 g/mol. The Morgan fingerprint density at radius 1 is 1.07 bits per heavy atom. The van der Waals surface area contributed by atoms with Gasteiger partial charge in [-0.1, -0.05) is 54.7 Å². The molecule has 1 aromatic heterocycles. The summed E-state index contributed by atoms with van der Waals surface area (Å²) in [5.74, 6) is -0.425. The highest BCUT2D eigenvalue weighted by molar-refractivity contribution is 6.35. The van der Waals surface area contributed by atoms with Crippen LogP contribution in [0.1, 0.15) is 41.5 Å². The molecule has 1 N–H and O–H groups in total. The predicted molar refractivity (Wildman–Crippen MR) is 120 cm³/mol. The van der Waals surface area contributed by atoms with Crippen molar-refractivity contribution >= 4 is 34.8 Å². The number of anilines is 1. The fraction of sp³-hybridized carbons (Fsp3) is 0.217. The largest absolute Gasteiger partial charge is 0.322 e. The molecule has 4 nitrogen and oxygen atoms in total. The van der Waals surface area contributed by atoms with Crippen LogP contribution in [0.25, 0.3) is 5.69 Å². The van der Waals surface area contributed by atoms with Crippen LogP contribution in [0, 0.1) is 6.92 Å². The standard InChI is InChI=1S/C23H22Cl2N2O2/c1-3-4-10-20-22(23(29)26-17-8-6-5-7-9-17)21(28)13-15(2)27(20)19-12-11-16(24)14-18(19)25/h5-9,11-14H,3-4,10H2,1-2H3,(H,26,29). The van der Waals surface area contributed by atoms with Crippen LogP contribution >= 0.6 is 23.2 Å². The zero-order valence-electron chi connectivity index (χ0n) is 16.3. The number of hydrogen-bond donors (Lipinski definition) is 1. The van der Waals surface area contributed by atoms with Crippen LogP contribution in [0.2, 0.25) is 10.0 Å². The summed E-state index contributed by atoms with van der Waals surface area (Å²) < 4.78 is 1.88. The maximum Gasteiger partial charge on any atom is 0.261 e. The van der Waals surface area contributed by atoms with E-state index < -0.39 is 5.91 Å². The highest BCUT2D eigenvalue weighted by Gasteiger charge is 2.22. The van der Waals surface area contributed by atoms with Crippen molar-refractivity contribution in [2.45, 2.75) is 33.1 Å². The summed E-state index contributed by atoms with van der Waals surface area (Å²) in [7, 11) is 0. The maximum atomic E-state index is 13.1. The SMILES string of the molecule is CCCCc1c(C(=O)Nc2ccccc2)c(=O)cc(C)n1-c1ccc(Cl)cc1Cl. The molecule has 0 radical (unpaired) electrons. The van der Waals surface area contributed by atoms with Crippen molar-refractivity contribution in [2.75, 3.05) is 5.32 Å². The first kappa shape index (κ1) is 21.2. The molecule has 1 heterocycles. The molecular formula is C23H22Cl2N2O2. The predicted octanol–water partition coefficient (Wildman–Crippen LogP) is 6.05. The number of unbranched alkanes of at least 4 members (excludes halogenated alkanes) is 1. The maximum absolute atomic E-state index is 13.1. The Morgan fingerprint density at radius 2 is 1.79 bits per heavy atom. The van der Waals surface area contributed by atoms with Gasteiger partial charge in [0.2, 0.25) is 0 Å². The van der Waals surface area contributed by atoms with Crippen LogP contribution in [-0.4, -0.2) is 10.5 Å². The van der Waals surface area contributed by atoms with Crippen molar-refractivity contribution in [3.63, 3.8) is 0 Å².